The molecule has 19 heavy (non-hydrogen) atoms. The van der Waals surface area contributed by atoms with Crippen molar-refractivity contribution in [3.63, 3.8) is 0 Å². The van der Waals surface area contributed by atoms with E-state index in [1.807, 2.05) is 0 Å². The van der Waals surface area contributed by atoms with E-state index in [4.69, 9.17) is 11.6 Å². The molecule has 0 saturated heterocycles. The lowest BCUT2D eigenvalue weighted by molar-refractivity contribution is -0.115. The van der Waals surface area contributed by atoms with E-state index < -0.39 is 10.0 Å². The van der Waals surface area contributed by atoms with Crippen LogP contribution in [0.3, 0.4) is 0 Å². The highest BCUT2D eigenvalue weighted by molar-refractivity contribution is 7.92. The lowest BCUT2D eigenvalue weighted by Gasteiger charge is -2.30. The molecule has 0 aromatic heterocycles. The number of para-hydroxylation sites is 2. The third-order valence-electron chi connectivity index (χ3n) is 2.83. The third kappa shape index (κ3) is 3.01. The molecule has 2 rings (SSSR count). The molecule has 0 aliphatic carbocycles. The second-order valence-electron chi connectivity index (χ2n) is 4.61. The number of carbonyl (C=O) groups excluding carboxylic acids is 1. The van der Waals surface area contributed by atoms with E-state index in [1.165, 1.54) is 0 Å². The van der Waals surface area contributed by atoms with Gasteiger partial charge in [-0.05, 0) is 18.1 Å². The number of benzene rings is 1. The second kappa shape index (κ2) is 5.38. The van der Waals surface area contributed by atoms with Crippen LogP contribution in [0, 0.1) is 5.92 Å². The van der Waals surface area contributed by atoms with Crippen LogP contribution in [0.15, 0.2) is 24.3 Å². The Hall–Kier alpha value is -1.27. The fourth-order valence-corrected chi connectivity index (χ4v) is 3.97. The van der Waals surface area contributed by atoms with Crippen LogP contribution < -0.4 is 9.62 Å². The number of carbonyl (C=O) groups is 1. The molecule has 1 unspecified atom stereocenters. The number of amides is 1. The van der Waals surface area contributed by atoms with Gasteiger partial charge in [-0.15, -0.1) is 11.6 Å². The van der Waals surface area contributed by atoms with Crippen LogP contribution in [0.4, 0.5) is 11.4 Å². The summed E-state index contributed by atoms with van der Waals surface area (Å²) in [5.74, 6) is -0.302. The summed E-state index contributed by atoms with van der Waals surface area (Å²) >= 11 is 5.66. The summed E-state index contributed by atoms with van der Waals surface area (Å²) < 4.78 is 25.9. The number of fused-ring (bicyclic) bond motifs is 1. The fourth-order valence-electron chi connectivity index (χ4n) is 1.94. The van der Waals surface area contributed by atoms with Gasteiger partial charge in [0.1, 0.15) is 6.54 Å². The highest BCUT2D eigenvalue weighted by Gasteiger charge is 2.31. The average Bonchev–Trinajstić information content (AvgIpc) is 2.37. The first kappa shape index (κ1) is 14.1. The lowest BCUT2D eigenvalue weighted by atomic mass is 10.2. The summed E-state index contributed by atoms with van der Waals surface area (Å²) in [7, 11) is -3.55. The number of anilines is 2. The monoisotopic (exact) mass is 302 g/mol. The van der Waals surface area contributed by atoms with Crippen molar-refractivity contribution < 1.29 is 13.2 Å². The highest BCUT2D eigenvalue weighted by atomic mass is 35.5. The van der Waals surface area contributed by atoms with Gasteiger partial charge in [0, 0.05) is 5.88 Å². The fraction of sp³-hybridized carbons (Fsp3) is 0.417. The minimum Gasteiger partial charge on any atom is -0.323 e. The molecule has 7 heteroatoms. The van der Waals surface area contributed by atoms with Crippen molar-refractivity contribution in [2.24, 2.45) is 5.92 Å². The van der Waals surface area contributed by atoms with Gasteiger partial charge in [0.05, 0.1) is 17.1 Å². The van der Waals surface area contributed by atoms with Gasteiger partial charge < -0.3 is 5.32 Å². The number of nitrogens with one attached hydrogen (secondary N) is 1. The zero-order valence-corrected chi connectivity index (χ0v) is 12.0. The molecule has 1 heterocycles. The Morgan fingerprint density at radius 3 is 2.79 bits per heavy atom. The summed E-state index contributed by atoms with van der Waals surface area (Å²) in [5.41, 5.74) is 1.02. The van der Waals surface area contributed by atoms with Crippen molar-refractivity contribution in [2.75, 3.05) is 27.8 Å². The van der Waals surface area contributed by atoms with Crippen molar-refractivity contribution in [1.82, 2.24) is 0 Å². The molecule has 1 amide bonds. The number of rotatable bonds is 4. The maximum absolute atomic E-state index is 12.4. The molecule has 1 N–H and O–H groups in total. The number of hydrogen-bond acceptors (Lipinski definition) is 3. The van der Waals surface area contributed by atoms with Crippen molar-refractivity contribution >= 4 is 38.9 Å². The van der Waals surface area contributed by atoms with Crippen LogP contribution in [0.1, 0.15) is 6.92 Å². The molecule has 1 aliphatic heterocycles. The van der Waals surface area contributed by atoms with Crippen molar-refractivity contribution in [3.8, 4) is 0 Å². The number of nitrogens with zero attached hydrogens (tertiary/aromatic N) is 1. The molecule has 5 nitrogen and oxygen atoms in total. The molecule has 104 valence electrons. The van der Waals surface area contributed by atoms with Crippen LogP contribution in [0.25, 0.3) is 0 Å². The van der Waals surface area contributed by atoms with Crippen molar-refractivity contribution in [3.05, 3.63) is 24.3 Å². The largest absolute Gasteiger partial charge is 0.323 e. The first-order valence-corrected chi connectivity index (χ1v) is 8.03. The van der Waals surface area contributed by atoms with E-state index in [-0.39, 0.29) is 30.0 Å². The molecular weight excluding hydrogens is 288 g/mol. The minimum atomic E-state index is -3.55. The summed E-state index contributed by atoms with van der Waals surface area (Å²) in [4.78, 5) is 11.6. The van der Waals surface area contributed by atoms with Crippen molar-refractivity contribution in [1.29, 1.82) is 0 Å². The molecular formula is C12H15ClN2O3S. The van der Waals surface area contributed by atoms with Gasteiger partial charge in [-0.3, -0.25) is 9.10 Å². The lowest BCUT2D eigenvalue weighted by Crippen LogP contribution is -2.44. The summed E-state index contributed by atoms with van der Waals surface area (Å²) in [5, 5.41) is 2.66. The van der Waals surface area contributed by atoms with E-state index in [9.17, 15) is 13.2 Å². The Balaban J connectivity index is 2.37. The molecule has 0 saturated carbocycles. The number of sulfonamides is 1. The summed E-state index contributed by atoms with van der Waals surface area (Å²) in [6.45, 7) is 1.58. The summed E-state index contributed by atoms with van der Waals surface area (Å²) in [6, 6.07) is 6.85. The number of hydrogen-bond donors (Lipinski definition) is 1. The van der Waals surface area contributed by atoms with Gasteiger partial charge in [0.25, 0.3) is 0 Å². The van der Waals surface area contributed by atoms with Crippen molar-refractivity contribution in [2.45, 2.75) is 6.92 Å². The zero-order chi connectivity index (χ0) is 14.0. The third-order valence-corrected chi connectivity index (χ3v) is 5.34. The zero-order valence-electron chi connectivity index (χ0n) is 10.5. The topological polar surface area (TPSA) is 66.5 Å². The van der Waals surface area contributed by atoms with Gasteiger partial charge in [0.15, 0.2) is 0 Å². The van der Waals surface area contributed by atoms with Gasteiger partial charge in [-0.1, -0.05) is 19.1 Å². The van der Waals surface area contributed by atoms with E-state index in [2.05, 4.69) is 5.32 Å². The Labute approximate surface area is 117 Å². The van der Waals surface area contributed by atoms with E-state index in [1.54, 1.807) is 31.2 Å². The predicted molar refractivity (Wildman–Crippen MR) is 76.1 cm³/mol. The first-order valence-electron chi connectivity index (χ1n) is 5.89. The van der Waals surface area contributed by atoms with Crippen LogP contribution in [-0.2, 0) is 14.8 Å². The normalized spacial score (nSPS) is 16.7. The molecule has 0 spiro atoms. The quantitative estimate of drug-likeness (QED) is 0.860. The maximum atomic E-state index is 12.4. The molecule has 0 radical (unpaired) electrons. The van der Waals surface area contributed by atoms with Gasteiger partial charge in [0.2, 0.25) is 15.9 Å². The second-order valence-corrected chi connectivity index (χ2v) is 6.86. The predicted octanol–water partition coefficient (Wildman–Crippen LogP) is 1.65. The highest BCUT2D eigenvalue weighted by Crippen LogP contribution is 2.31. The maximum Gasteiger partial charge on any atom is 0.245 e. The standard InChI is InChI=1S/C12H15ClN2O3S/c1-9(6-13)8-19(17,18)15-7-12(16)14-10-4-2-3-5-11(10)15/h2-5,9H,6-8H2,1H3,(H,14,16). The molecule has 1 atom stereocenters. The van der Waals surface area contributed by atoms with Crippen LogP contribution in [0.5, 0.6) is 0 Å². The first-order chi connectivity index (χ1) is 8.94. The van der Waals surface area contributed by atoms with E-state index >= 15 is 0 Å². The Bertz CT molecular complexity index is 588. The Morgan fingerprint density at radius 1 is 1.42 bits per heavy atom. The number of alkyl halides is 1. The van der Waals surface area contributed by atoms with Crippen LogP contribution in [0.2, 0.25) is 0 Å². The average molecular weight is 303 g/mol. The van der Waals surface area contributed by atoms with E-state index in [0.29, 0.717) is 11.4 Å². The Morgan fingerprint density at radius 2 is 2.11 bits per heavy atom. The summed E-state index contributed by atoms with van der Waals surface area (Å²) in [6.07, 6.45) is 0. The molecule has 1 aromatic rings. The van der Waals surface area contributed by atoms with Gasteiger partial charge in [-0.25, -0.2) is 8.42 Å². The van der Waals surface area contributed by atoms with Crippen LogP contribution >= 0.6 is 11.6 Å². The van der Waals surface area contributed by atoms with Gasteiger partial charge >= 0.3 is 0 Å². The molecule has 1 aliphatic rings. The van der Waals surface area contributed by atoms with Crippen LogP contribution in [-0.4, -0.2) is 32.5 Å². The molecule has 0 bridgehead atoms. The molecule has 0 fully saturated rings. The number of halogens is 1. The SMILES string of the molecule is CC(CCl)CS(=O)(=O)N1CC(=O)Nc2ccccc21. The molecule has 1 aromatic carbocycles. The Kier molecular flexibility index (Phi) is 4.01. The smallest absolute Gasteiger partial charge is 0.245 e. The van der Waals surface area contributed by atoms with Gasteiger partial charge in [-0.2, -0.15) is 0 Å². The van der Waals surface area contributed by atoms with E-state index in [0.717, 1.165) is 4.31 Å². The minimum absolute atomic E-state index is 0.0713.